The van der Waals surface area contributed by atoms with Crippen LogP contribution in [0.4, 0.5) is 0 Å². The van der Waals surface area contributed by atoms with Gasteiger partial charge in [0, 0.05) is 6.42 Å². The predicted octanol–water partition coefficient (Wildman–Crippen LogP) is 8.03. The van der Waals surface area contributed by atoms with Crippen LogP contribution in [0.1, 0.15) is 155 Å². The maximum Gasteiger partial charge on any atom is 0.361 e. The number of esters is 1. The highest BCUT2D eigenvalue weighted by atomic mass is 16.7. The van der Waals surface area contributed by atoms with E-state index in [1.165, 1.54) is 122 Å². The zero-order chi connectivity index (χ0) is 32.0. The van der Waals surface area contributed by atoms with Crippen LogP contribution >= 0.6 is 0 Å². The minimum atomic E-state index is -1.46. The highest BCUT2D eigenvalue weighted by Gasteiger charge is 2.22. The normalized spacial score (nSPS) is 13.2. The Kier molecular flexibility index (Phi) is 28.7. The van der Waals surface area contributed by atoms with Crippen LogP contribution in [-0.2, 0) is 23.8 Å². The molecule has 0 spiro atoms. The van der Waals surface area contributed by atoms with Crippen molar-refractivity contribution < 1.29 is 38.5 Å². The fourth-order valence-corrected chi connectivity index (χ4v) is 5.01. The maximum absolute atomic E-state index is 11.9. The summed E-state index contributed by atoms with van der Waals surface area (Å²) in [4.78, 5) is 23.2. The van der Waals surface area contributed by atoms with Crippen molar-refractivity contribution in [1.29, 1.82) is 0 Å². The van der Waals surface area contributed by atoms with Crippen molar-refractivity contribution in [2.45, 2.75) is 167 Å². The van der Waals surface area contributed by atoms with Crippen LogP contribution in [-0.4, -0.2) is 86.5 Å². The molecule has 0 bridgehead atoms. The number of rotatable bonds is 33. The summed E-state index contributed by atoms with van der Waals surface area (Å²) >= 11 is 0. The molecule has 0 aliphatic carbocycles. The Hall–Kier alpha value is -1.22. The first-order valence-corrected chi connectivity index (χ1v) is 17.8. The molecular weight excluding hydrogens is 546 g/mol. The lowest BCUT2D eigenvalue weighted by Crippen LogP contribution is -2.40. The molecule has 0 radical (unpaired) electrons. The standard InChI is InChI=1S/C35H69NO7/c1-5-6-7-8-9-10-11-12-13-14-15-16-17-18-19-20-21-22-23-24-25-26-27-33(38)42-30-32(37)31-43-35(34(39)40)41-29-28-36(2,3)4/h32,35,37H,5-31H2,1-4H3/p+1. The van der Waals surface area contributed by atoms with Crippen molar-refractivity contribution >= 4 is 11.9 Å². The Morgan fingerprint density at radius 1 is 0.605 bits per heavy atom. The summed E-state index contributed by atoms with van der Waals surface area (Å²) in [6.45, 7) is 2.61. The first kappa shape index (κ1) is 41.8. The van der Waals surface area contributed by atoms with Crippen molar-refractivity contribution in [1.82, 2.24) is 0 Å². The molecule has 0 saturated heterocycles. The molecule has 0 amide bonds. The predicted molar refractivity (Wildman–Crippen MR) is 175 cm³/mol. The molecule has 2 unspecified atom stereocenters. The van der Waals surface area contributed by atoms with E-state index in [1.54, 1.807) is 0 Å². The molecule has 0 saturated carbocycles. The van der Waals surface area contributed by atoms with Crippen LogP contribution in [0.15, 0.2) is 0 Å². The minimum Gasteiger partial charge on any atom is -0.477 e. The van der Waals surface area contributed by atoms with Gasteiger partial charge in [-0.3, -0.25) is 4.79 Å². The van der Waals surface area contributed by atoms with Crippen molar-refractivity contribution in [3.8, 4) is 0 Å². The zero-order valence-electron chi connectivity index (χ0n) is 28.6. The summed E-state index contributed by atoms with van der Waals surface area (Å²) in [5.74, 6) is -1.60. The molecule has 2 atom stereocenters. The van der Waals surface area contributed by atoms with E-state index in [0.717, 1.165) is 19.3 Å². The van der Waals surface area contributed by atoms with Crippen molar-refractivity contribution in [3.63, 3.8) is 0 Å². The van der Waals surface area contributed by atoms with E-state index < -0.39 is 18.4 Å². The smallest absolute Gasteiger partial charge is 0.361 e. The molecule has 8 nitrogen and oxygen atoms in total. The highest BCUT2D eigenvalue weighted by Crippen LogP contribution is 2.15. The third-order valence-electron chi connectivity index (χ3n) is 7.84. The van der Waals surface area contributed by atoms with Gasteiger partial charge in [-0.05, 0) is 6.42 Å². The second-order valence-electron chi connectivity index (χ2n) is 13.4. The van der Waals surface area contributed by atoms with Gasteiger partial charge in [0.1, 0.15) is 19.3 Å². The van der Waals surface area contributed by atoms with Gasteiger partial charge >= 0.3 is 11.9 Å². The molecule has 0 heterocycles. The number of carboxylic acids is 1. The average Bonchev–Trinajstić information content (AvgIpc) is 2.95. The summed E-state index contributed by atoms with van der Waals surface area (Å²) in [5, 5.41) is 19.2. The zero-order valence-corrected chi connectivity index (χ0v) is 28.6. The first-order chi connectivity index (χ1) is 20.7. The molecule has 0 aromatic rings. The fourth-order valence-electron chi connectivity index (χ4n) is 5.01. The van der Waals surface area contributed by atoms with Crippen LogP contribution in [0.2, 0.25) is 0 Å². The van der Waals surface area contributed by atoms with Gasteiger partial charge in [0.25, 0.3) is 6.29 Å². The van der Waals surface area contributed by atoms with Gasteiger partial charge in [0.15, 0.2) is 0 Å². The number of hydrogen-bond donors (Lipinski definition) is 2. The SMILES string of the molecule is CCCCCCCCCCCCCCCCCCCCCCCCC(=O)OCC(O)COC(OCC[N+](C)(C)C)C(=O)O. The Morgan fingerprint density at radius 2 is 1.00 bits per heavy atom. The average molecular weight is 617 g/mol. The number of aliphatic carboxylic acids is 1. The van der Waals surface area contributed by atoms with Crippen LogP contribution in [0.5, 0.6) is 0 Å². The number of hydrogen-bond acceptors (Lipinski definition) is 6. The van der Waals surface area contributed by atoms with Gasteiger partial charge in [0.2, 0.25) is 0 Å². The minimum absolute atomic E-state index is 0.213. The number of carbonyl (C=O) groups is 2. The number of aliphatic hydroxyl groups is 1. The van der Waals surface area contributed by atoms with Crippen LogP contribution in [0, 0.1) is 0 Å². The Labute approximate surface area is 264 Å². The van der Waals surface area contributed by atoms with Gasteiger partial charge in [0.05, 0.1) is 34.4 Å². The van der Waals surface area contributed by atoms with Crippen molar-refractivity contribution in [3.05, 3.63) is 0 Å². The molecule has 2 N–H and O–H groups in total. The number of carbonyl (C=O) groups excluding carboxylic acids is 1. The van der Waals surface area contributed by atoms with Crippen LogP contribution in [0.3, 0.4) is 0 Å². The molecule has 256 valence electrons. The van der Waals surface area contributed by atoms with Gasteiger partial charge in [-0.1, -0.05) is 142 Å². The highest BCUT2D eigenvalue weighted by molar-refractivity contribution is 5.70. The van der Waals surface area contributed by atoms with Crippen LogP contribution in [0.25, 0.3) is 0 Å². The lowest BCUT2D eigenvalue weighted by molar-refractivity contribution is -0.870. The first-order valence-electron chi connectivity index (χ1n) is 17.8. The number of unbranched alkanes of at least 4 members (excludes halogenated alkanes) is 21. The molecule has 43 heavy (non-hydrogen) atoms. The van der Waals surface area contributed by atoms with Gasteiger partial charge in [-0.2, -0.15) is 0 Å². The third kappa shape index (κ3) is 32.0. The molecular formula is C35H70NO7+. The van der Waals surface area contributed by atoms with E-state index in [2.05, 4.69) is 6.92 Å². The Bertz CT molecular complexity index is 638. The molecule has 0 aromatic carbocycles. The van der Waals surface area contributed by atoms with Gasteiger partial charge < -0.3 is 28.9 Å². The number of quaternary nitrogens is 1. The van der Waals surface area contributed by atoms with E-state index in [0.29, 0.717) is 17.4 Å². The number of ether oxygens (including phenoxy) is 3. The van der Waals surface area contributed by atoms with Crippen molar-refractivity contribution in [2.75, 3.05) is 47.5 Å². The van der Waals surface area contributed by atoms with E-state index in [9.17, 15) is 19.8 Å². The molecule has 0 rings (SSSR count). The third-order valence-corrected chi connectivity index (χ3v) is 7.84. The molecule has 0 aliphatic rings. The Morgan fingerprint density at radius 3 is 1.37 bits per heavy atom. The summed E-state index contributed by atoms with van der Waals surface area (Å²) in [7, 11) is 5.92. The van der Waals surface area contributed by atoms with Gasteiger partial charge in [-0.25, -0.2) is 4.79 Å². The molecule has 0 aliphatic heterocycles. The van der Waals surface area contributed by atoms with Crippen LogP contribution < -0.4 is 0 Å². The Balaban J connectivity index is 3.46. The quantitative estimate of drug-likeness (QED) is 0.0333. The van der Waals surface area contributed by atoms with E-state index in [1.807, 2.05) is 21.1 Å². The number of likely N-dealkylation sites (N-methyl/N-ethyl adjacent to an activating group) is 1. The lowest BCUT2D eigenvalue weighted by atomic mass is 10.0. The summed E-state index contributed by atoms with van der Waals surface area (Å²) in [6.07, 6.45) is 27.0. The van der Waals surface area contributed by atoms with Gasteiger partial charge in [-0.15, -0.1) is 0 Å². The second kappa shape index (κ2) is 29.5. The summed E-state index contributed by atoms with van der Waals surface area (Å²) in [6, 6.07) is 0. The maximum atomic E-state index is 11.9. The van der Waals surface area contributed by atoms with E-state index >= 15 is 0 Å². The summed E-state index contributed by atoms with van der Waals surface area (Å²) < 4.78 is 16.1. The molecule has 0 aromatic heterocycles. The topological polar surface area (TPSA) is 102 Å². The fraction of sp³-hybridized carbons (Fsp3) is 0.943. The molecule has 8 heteroatoms. The number of aliphatic hydroxyl groups excluding tert-OH is 1. The molecule has 0 fully saturated rings. The number of carboxylic acid groups (broad SMARTS) is 1. The van der Waals surface area contributed by atoms with E-state index in [-0.39, 0.29) is 25.8 Å². The monoisotopic (exact) mass is 617 g/mol. The second-order valence-corrected chi connectivity index (χ2v) is 13.4. The number of nitrogens with zero attached hydrogens (tertiary/aromatic N) is 1. The summed E-state index contributed by atoms with van der Waals surface area (Å²) in [5.41, 5.74) is 0. The van der Waals surface area contributed by atoms with E-state index in [4.69, 9.17) is 14.2 Å². The largest absolute Gasteiger partial charge is 0.477 e. The lowest BCUT2D eigenvalue weighted by Gasteiger charge is -2.24. The van der Waals surface area contributed by atoms with Crippen molar-refractivity contribution in [2.24, 2.45) is 0 Å².